The first kappa shape index (κ1) is 16.7. The van der Waals surface area contributed by atoms with E-state index in [1.54, 1.807) is 17.9 Å². The maximum absolute atomic E-state index is 12.3. The van der Waals surface area contributed by atoms with Gasteiger partial charge in [0.25, 0.3) is 5.91 Å². The molecule has 0 saturated heterocycles. The molecule has 8 nitrogen and oxygen atoms in total. The number of nitrogens with zero attached hydrogens (tertiary/aromatic N) is 5. The second-order valence-electron chi connectivity index (χ2n) is 5.60. The Kier molecular flexibility index (Phi) is 4.78. The molecule has 0 spiro atoms. The van der Waals surface area contributed by atoms with E-state index in [0.717, 1.165) is 17.2 Å². The van der Waals surface area contributed by atoms with Gasteiger partial charge < -0.3 is 14.6 Å². The Labute approximate surface area is 145 Å². The van der Waals surface area contributed by atoms with Crippen LogP contribution in [-0.2, 0) is 20.5 Å². The summed E-state index contributed by atoms with van der Waals surface area (Å²) in [7, 11) is 5.15. The van der Waals surface area contributed by atoms with Gasteiger partial charge in [-0.25, -0.2) is 0 Å². The topological polar surface area (TPSA) is 86.9 Å². The summed E-state index contributed by atoms with van der Waals surface area (Å²) in [5.74, 6) is 1.69. The average Bonchev–Trinajstić information content (AvgIpc) is 3.18. The molecule has 3 rings (SSSR count). The molecule has 1 aromatic carbocycles. The Morgan fingerprint density at radius 2 is 1.96 bits per heavy atom. The fraction of sp³-hybridized carbons (Fsp3) is 0.294. The van der Waals surface area contributed by atoms with Crippen LogP contribution in [0.1, 0.15) is 16.2 Å². The van der Waals surface area contributed by atoms with Crippen molar-refractivity contribution in [1.29, 1.82) is 0 Å². The minimum atomic E-state index is -0.226. The Bertz CT molecular complexity index is 869. The molecule has 0 fully saturated rings. The van der Waals surface area contributed by atoms with E-state index in [1.807, 2.05) is 41.9 Å². The van der Waals surface area contributed by atoms with Crippen molar-refractivity contribution in [3.63, 3.8) is 0 Å². The Morgan fingerprint density at radius 3 is 2.68 bits per heavy atom. The fourth-order valence-corrected chi connectivity index (χ4v) is 2.58. The van der Waals surface area contributed by atoms with Crippen molar-refractivity contribution in [2.75, 3.05) is 13.7 Å². The molecule has 2 aromatic heterocycles. The summed E-state index contributed by atoms with van der Waals surface area (Å²) >= 11 is 0. The summed E-state index contributed by atoms with van der Waals surface area (Å²) in [4.78, 5) is 12.3. The standard InChI is InChI=1S/C17H20N6O2/c1-22-11-13(17(21-22)25-3)16(24)18-10-9-14-19-20-15(23(14)2)12-7-5-4-6-8-12/h4-8,11H,9-10H2,1-3H3,(H,18,24). The van der Waals surface area contributed by atoms with Gasteiger partial charge in [-0.1, -0.05) is 30.3 Å². The predicted molar refractivity (Wildman–Crippen MR) is 92.2 cm³/mol. The number of amides is 1. The van der Waals surface area contributed by atoms with Crippen molar-refractivity contribution >= 4 is 5.91 Å². The van der Waals surface area contributed by atoms with Crippen LogP contribution in [0.2, 0.25) is 0 Å². The Morgan fingerprint density at radius 1 is 1.20 bits per heavy atom. The summed E-state index contributed by atoms with van der Waals surface area (Å²) in [5, 5.41) is 15.4. The van der Waals surface area contributed by atoms with Gasteiger partial charge in [-0.15, -0.1) is 15.3 Å². The van der Waals surface area contributed by atoms with E-state index in [4.69, 9.17) is 4.74 Å². The third-order valence-electron chi connectivity index (χ3n) is 3.86. The summed E-state index contributed by atoms with van der Waals surface area (Å²) in [6, 6.07) is 9.87. The van der Waals surface area contributed by atoms with E-state index >= 15 is 0 Å². The number of rotatable bonds is 6. The molecule has 130 valence electrons. The van der Waals surface area contributed by atoms with Crippen molar-refractivity contribution in [2.24, 2.45) is 14.1 Å². The van der Waals surface area contributed by atoms with Gasteiger partial charge >= 0.3 is 0 Å². The molecule has 0 aliphatic carbocycles. The lowest BCUT2D eigenvalue weighted by Crippen LogP contribution is -2.26. The molecule has 0 aliphatic rings. The summed E-state index contributed by atoms with van der Waals surface area (Å²) < 4.78 is 8.58. The molecule has 0 bridgehead atoms. The molecule has 2 heterocycles. The number of aromatic nitrogens is 5. The number of benzene rings is 1. The van der Waals surface area contributed by atoms with E-state index < -0.39 is 0 Å². The molecule has 8 heteroatoms. The lowest BCUT2D eigenvalue weighted by atomic mass is 10.2. The van der Waals surface area contributed by atoms with E-state index in [-0.39, 0.29) is 5.91 Å². The summed E-state index contributed by atoms with van der Waals surface area (Å²) in [6.07, 6.45) is 2.20. The van der Waals surface area contributed by atoms with Crippen molar-refractivity contribution in [3.8, 4) is 17.3 Å². The first-order valence-electron chi connectivity index (χ1n) is 7.89. The maximum Gasteiger partial charge on any atom is 0.258 e. The fourth-order valence-electron chi connectivity index (χ4n) is 2.58. The summed E-state index contributed by atoms with van der Waals surface area (Å²) in [5.41, 5.74) is 1.42. The number of methoxy groups -OCH3 is 1. The molecule has 3 aromatic rings. The van der Waals surface area contributed by atoms with Crippen LogP contribution >= 0.6 is 0 Å². The smallest absolute Gasteiger partial charge is 0.258 e. The average molecular weight is 340 g/mol. The number of carbonyl (C=O) groups excluding carboxylic acids is 1. The molecule has 0 aliphatic heterocycles. The normalized spacial score (nSPS) is 10.7. The van der Waals surface area contributed by atoms with Crippen LogP contribution in [0.3, 0.4) is 0 Å². The van der Waals surface area contributed by atoms with E-state index in [9.17, 15) is 4.79 Å². The Hall–Kier alpha value is -3.16. The molecule has 25 heavy (non-hydrogen) atoms. The van der Waals surface area contributed by atoms with Crippen molar-refractivity contribution in [3.05, 3.63) is 47.9 Å². The SMILES string of the molecule is COc1nn(C)cc1C(=O)NCCc1nnc(-c2ccccc2)n1C. The molecule has 1 N–H and O–H groups in total. The molecule has 0 saturated carbocycles. The van der Waals surface area contributed by atoms with Crippen LogP contribution in [0.4, 0.5) is 0 Å². The highest BCUT2D eigenvalue weighted by Gasteiger charge is 2.16. The maximum atomic E-state index is 12.3. The quantitative estimate of drug-likeness (QED) is 0.728. The van der Waals surface area contributed by atoms with E-state index in [0.29, 0.717) is 24.4 Å². The van der Waals surface area contributed by atoms with Crippen molar-refractivity contribution < 1.29 is 9.53 Å². The van der Waals surface area contributed by atoms with Crippen LogP contribution in [0, 0.1) is 0 Å². The van der Waals surface area contributed by atoms with Gasteiger partial charge in [0.2, 0.25) is 5.88 Å². The minimum absolute atomic E-state index is 0.226. The second-order valence-corrected chi connectivity index (χ2v) is 5.60. The van der Waals surface area contributed by atoms with Crippen LogP contribution in [0.15, 0.2) is 36.5 Å². The van der Waals surface area contributed by atoms with Crippen molar-refractivity contribution in [1.82, 2.24) is 29.9 Å². The van der Waals surface area contributed by atoms with Gasteiger partial charge in [0, 0.05) is 38.8 Å². The van der Waals surface area contributed by atoms with Crippen LogP contribution < -0.4 is 10.1 Å². The van der Waals surface area contributed by atoms with Gasteiger partial charge in [-0.2, -0.15) is 0 Å². The van der Waals surface area contributed by atoms with Gasteiger partial charge in [0.1, 0.15) is 11.4 Å². The summed E-state index contributed by atoms with van der Waals surface area (Å²) in [6.45, 7) is 0.442. The highest BCUT2D eigenvalue weighted by atomic mass is 16.5. The second kappa shape index (κ2) is 7.16. The first-order valence-corrected chi connectivity index (χ1v) is 7.89. The number of hydrogen-bond acceptors (Lipinski definition) is 5. The highest BCUT2D eigenvalue weighted by Crippen LogP contribution is 2.17. The van der Waals surface area contributed by atoms with Gasteiger partial charge in [0.05, 0.1) is 7.11 Å². The molecule has 1 amide bonds. The van der Waals surface area contributed by atoms with Gasteiger partial charge in [-0.3, -0.25) is 9.48 Å². The number of ether oxygens (including phenoxy) is 1. The largest absolute Gasteiger partial charge is 0.479 e. The highest BCUT2D eigenvalue weighted by molar-refractivity contribution is 5.96. The zero-order chi connectivity index (χ0) is 17.8. The van der Waals surface area contributed by atoms with Crippen LogP contribution in [0.25, 0.3) is 11.4 Å². The molecule has 0 unspecified atom stereocenters. The molecule has 0 atom stereocenters. The molecular formula is C17H20N6O2. The van der Waals surface area contributed by atoms with Crippen LogP contribution in [-0.4, -0.2) is 44.1 Å². The zero-order valence-electron chi connectivity index (χ0n) is 14.4. The first-order chi connectivity index (χ1) is 12.1. The molecule has 0 radical (unpaired) electrons. The lowest BCUT2D eigenvalue weighted by molar-refractivity contribution is 0.0951. The van der Waals surface area contributed by atoms with Gasteiger partial charge in [0.15, 0.2) is 5.82 Å². The number of hydrogen-bond donors (Lipinski definition) is 1. The number of carbonyl (C=O) groups is 1. The predicted octanol–water partition coefficient (Wildman–Crippen LogP) is 1.20. The monoisotopic (exact) mass is 340 g/mol. The number of aryl methyl sites for hydroxylation is 1. The van der Waals surface area contributed by atoms with Crippen molar-refractivity contribution in [2.45, 2.75) is 6.42 Å². The minimum Gasteiger partial charge on any atom is -0.479 e. The lowest BCUT2D eigenvalue weighted by Gasteiger charge is -2.06. The van der Waals surface area contributed by atoms with E-state index in [2.05, 4.69) is 20.6 Å². The van der Waals surface area contributed by atoms with Crippen LogP contribution in [0.5, 0.6) is 5.88 Å². The van der Waals surface area contributed by atoms with E-state index in [1.165, 1.54) is 7.11 Å². The number of nitrogens with one attached hydrogen (secondary N) is 1. The zero-order valence-corrected chi connectivity index (χ0v) is 14.4. The third kappa shape index (κ3) is 3.52. The van der Waals surface area contributed by atoms with Gasteiger partial charge in [-0.05, 0) is 0 Å². The molecular weight excluding hydrogens is 320 g/mol. The third-order valence-corrected chi connectivity index (χ3v) is 3.86. The Balaban J connectivity index is 1.63.